The quantitative estimate of drug-likeness (QED) is 0.701. The molecule has 1 heteroatoms. The van der Waals surface area contributed by atoms with E-state index in [1.165, 1.54) is 16.7 Å². The minimum Gasteiger partial charge on any atom is -0.289 e. The Morgan fingerprint density at radius 2 is 1.05 bits per heavy atom. The summed E-state index contributed by atoms with van der Waals surface area (Å²) >= 11 is 0. The molecule has 0 aromatic heterocycles. The van der Waals surface area contributed by atoms with E-state index in [0.717, 1.165) is 33.4 Å². The first-order chi connectivity index (χ1) is 9.73. The van der Waals surface area contributed by atoms with Gasteiger partial charge in [0.05, 0.1) is 0 Å². The summed E-state index contributed by atoms with van der Waals surface area (Å²) in [6.07, 6.45) is 0. The van der Waals surface area contributed by atoms with Crippen LogP contribution in [-0.4, -0.2) is 5.78 Å². The van der Waals surface area contributed by atoms with Crippen LogP contribution in [0.4, 0.5) is 0 Å². The Morgan fingerprint density at radius 3 is 1.48 bits per heavy atom. The van der Waals surface area contributed by atoms with Crippen LogP contribution in [0.2, 0.25) is 0 Å². The van der Waals surface area contributed by atoms with Gasteiger partial charge in [-0.15, -0.1) is 0 Å². The molecule has 0 unspecified atom stereocenters. The molecular weight excluding hydrogens is 256 g/mol. The summed E-state index contributed by atoms with van der Waals surface area (Å²) in [5.41, 5.74) is 9.64. The van der Waals surface area contributed by atoms with Crippen molar-refractivity contribution in [2.75, 3.05) is 0 Å². The highest BCUT2D eigenvalue weighted by molar-refractivity contribution is 6.12. The zero-order valence-corrected chi connectivity index (χ0v) is 14.1. The van der Waals surface area contributed by atoms with Crippen LogP contribution in [0.25, 0.3) is 0 Å². The van der Waals surface area contributed by atoms with Crippen molar-refractivity contribution in [2.45, 2.75) is 48.5 Å². The van der Waals surface area contributed by atoms with E-state index in [0.29, 0.717) is 0 Å². The summed E-state index contributed by atoms with van der Waals surface area (Å²) in [5, 5.41) is 0. The van der Waals surface area contributed by atoms with E-state index in [2.05, 4.69) is 39.0 Å². The molecule has 0 heterocycles. The van der Waals surface area contributed by atoms with E-state index >= 15 is 0 Å². The molecule has 1 nitrogen and oxygen atoms in total. The zero-order valence-electron chi connectivity index (χ0n) is 14.1. The van der Waals surface area contributed by atoms with Gasteiger partial charge in [-0.3, -0.25) is 4.79 Å². The number of benzene rings is 2. The lowest BCUT2D eigenvalue weighted by Gasteiger charge is -2.17. The number of ketones is 1. The van der Waals surface area contributed by atoms with Gasteiger partial charge in [-0.2, -0.15) is 0 Å². The van der Waals surface area contributed by atoms with Crippen molar-refractivity contribution in [3.63, 3.8) is 0 Å². The molecule has 0 amide bonds. The maximum absolute atomic E-state index is 13.1. The fraction of sp³-hybridized carbons (Fsp3) is 0.350. The highest BCUT2D eigenvalue weighted by atomic mass is 16.1. The lowest BCUT2D eigenvalue weighted by molar-refractivity contribution is 0.103. The molecule has 0 spiro atoms. The molecule has 0 bridgehead atoms. The Hall–Kier alpha value is -1.89. The van der Waals surface area contributed by atoms with Gasteiger partial charge in [0.2, 0.25) is 0 Å². The minimum atomic E-state index is 0.159. The lowest BCUT2D eigenvalue weighted by Crippen LogP contribution is -2.12. The van der Waals surface area contributed by atoms with E-state index < -0.39 is 0 Å². The number of carbonyl (C=O) groups excluding carboxylic acids is 1. The van der Waals surface area contributed by atoms with Crippen molar-refractivity contribution < 1.29 is 4.79 Å². The molecule has 0 N–H and O–H groups in total. The minimum absolute atomic E-state index is 0.159. The van der Waals surface area contributed by atoms with Crippen LogP contribution in [0.15, 0.2) is 18.2 Å². The first-order valence-electron chi connectivity index (χ1n) is 7.44. The summed E-state index contributed by atoms with van der Waals surface area (Å²) in [6, 6.07) is 6.34. The van der Waals surface area contributed by atoms with Crippen molar-refractivity contribution in [2.24, 2.45) is 0 Å². The lowest BCUT2D eigenvalue weighted by atomic mass is 9.86. The third-order valence-electron chi connectivity index (χ3n) is 4.50. The predicted molar refractivity (Wildman–Crippen MR) is 89.5 cm³/mol. The van der Waals surface area contributed by atoms with Crippen LogP contribution in [0.5, 0.6) is 0 Å². The van der Waals surface area contributed by atoms with Crippen molar-refractivity contribution in [3.05, 3.63) is 68.3 Å². The monoisotopic (exact) mass is 280 g/mol. The van der Waals surface area contributed by atoms with Crippen LogP contribution < -0.4 is 0 Å². The normalized spacial score (nSPS) is 10.8. The van der Waals surface area contributed by atoms with Crippen molar-refractivity contribution in [1.29, 1.82) is 0 Å². The average molecular weight is 280 g/mol. The highest BCUT2D eigenvalue weighted by Gasteiger charge is 2.20. The zero-order chi connectivity index (χ0) is 15.9. The molecule has 0 atom stereocenters. The van der Waals surface area contributed by atoms with Gasteiger partial charge in [0.25, 0.3) is 0 Å². The molecule has 2 aromatic carbocycles. The number of carbonyl (C=O) groups is 1. The van der Waals surface area contributed by atoms with Gasteiger partial charge in [0, 0.05) is 11.1 Å². The molecule has 0 aliphatic rings. The maximum atomic E-state index is 13.1. The maximum Gasteiger partial charge on any atom is 0.194 e. The van der Waals surface area contributed by atoms with Crippen molar-refractivity contribution in [3.8, 4) is 0 Å². The van der Waals surface area contributed by atoms with Crippen LogP contribution >= 0.6 is 0 Å². The fourth-order valence-electron chi connectivity index (χ4n) is 3.22. The summed E-state index contributed by atoms with van der Waals surface area (Å²) in [6.45, 7) is 14.4. The van der Waals surface area contributed by atoms with E-state index in [1.807, 2.05) is 27.7 Å². The Kier molecular flexibility index (Phi) is 4.04. The first kappa shape index (κ1) is 15.5. The van der Waals surface area contributed by atoms with Crippen LogP contribution in [0, 0.1) is 48.5 Å². The summed E-state index contributed by atoms with van der Waals surface area (Å²) in [4.78, 5) is 13.1. The second kappa shape index (κ2) is 5.48. The second-order valence-corrected chi connectivity index (χ2v) is 6.24. The summed E-state index contributed by atoms with van der Waals surface area (Å²) < 4.78 is 0. The topological polar surface area (TPSA) is 17.1 Å². The summed E-state index contributed by atoms with van der Waals surface area (Å²) in [7, 11) is 0. The van der Waals surface area contributed by atoms with Crippen molar-refractivity contribution >= 4 is 5.78 Å². The molecule has 2 rings (SSSR count). The molecule has 0 aliphatic heterocycles. The highest BCUT2D eigenvalue weighted by Crippen LogP contribution is 2.27. The SMILES string of the molecule is Cc1cc(C)c(C(=O)c2c(C)c(C)cc(C)c2C)c(C)c1. The largest absolute Gasteiger partial charge is 0.289 e. The Morgan fingerprint density at radius 1 is 0.619 bits per heavy atom. The van der Waals surface area contributed by atoms with E-state index in [9.17, 15) is 4.79 Å². The van der Waals surface area contributed by atoms with Crippen LogP contribution in [0.3, 0.4) is 0 Å². The standard InChI is InChI=1S/C20H24O/c1-11-8-14(4)18(15(5)9-11)20(21)19-16(6)12(2)10-13(3)17(19)7/h8-10H,1-7H3. The van der Waals surface area contributed by atoms with Gasteiger partial charge in [-0.25, -0.2) is 0 Å². The van der Waals surface area contributed by atoms with Gasteiger partial charge >= 0.3 is 0 Å². The molecule has 0 radical (unpaired) electrons. The van der Waals surface area contributed by atoms with Crippen molar-refractivity contribution in [1.82, 2.24) is 0 Å². The summed E-state index contributed by atoms with van der Waals surface area (Å²) in [5.74, 6) is 0.159. The van der Waals surface area contributed by atoms with Gasteiger partial charge in [0.1, 0.15) is 0 Å². The Labute approximate surface area is 128 Å². The molecule has 0 aliphatic carbocycles. The fourth-order valence-corrected chi connectivity index (χ4v) is 3.22. The van der Waals surface area contributed by atoms with Crippen LogP contribution in [-0.2, 0) is 0 Å². The number of hydrogen-bond acceptors (Lipinski definition) is 1. The Balaban J connectivity index is 2.72. The molecule has 110 valence electrons. The first-order valence-corrected chi connectivity index (χ1v) is 7.44. The van der Waals surface area contributed by atoms with Gasteiger partial charge in [-0.1, -0.05) is 23.8 Å². The third-order valence-corrected chi connectivity index (χ3v) is 4.50. The molecule has 2 aromatic rings. The molecule has 0 saturated carbocycles. The second-order valence-electron chi connectivity index (χ2n) is 6.24. The average Bonchev–Trinajstić information content (AvgIpc) is 2.35. The van der Waals surface area contributed by atoms with E-state index in [-0.39, 0.29) is 5.78 Å². The third kappa shape index (κ3) is 2.65. The van der Waals surface area contributed by atoms with Gasteiger partial charge in [0.15, 0.2) is 5.78 Å². The molecule has 0 saturated heterocycles. The molecular formula is C20H24O. The number of rotatable bonds is 2. The number of aryl methyl sites for hydroxylation is 5. The molecule has 21 heavy (non-hydrogen) atoms. The smallest absolute Gasteiger partial charge is 0.194 e. The van der Waals surface area contributed by atoms with Crippen LogP contribution in [0.1, 0.15) is 54.9 Å². The van der Waals surface area contributed by atoms with Gasteiger partial charge in [-0.05, 0) is 81.8 Å². The van der Waals surface area contributed by atoms with E-state index in [1.54, 1.807) is 0 Å². The predicted octanol–water partition coefficient (Wildman–Crippen LogP) is 5.08. The number of hydrogen-bond donors (Lipinski definition) is 0. The Bertz CT molecular complexity index is 687. The molecule has 0 fully saturated rings. The van der Waals surface area contributed by atoms with Gasteiger partial charge < -0.3 is 0 Å². The van der Waals surface area contributed by atoms with E-state index in [4.69, 9.17) is 0 Å².